The number of sulfone groups is 1. The van der Waals surface area contributed by atoms with Gasteiger partial charge in [-0.25, -0.2) is 21.0 Å². The van der Waals surface area contributed by atoms with Gasteiger partial charge in [0.25, 0.3) is 0 Å². The summed E-state index contributed by atoms with van der Waals surface area (Å²) >= 11 is 6.08. The number of anilines is 4. The van der Waals surface area contributed by atoms with Gasteiger partial charge in [0.05, 0.1) is 33.5 Å². The van der Waals surface area contributed by atoms with Crippen LogP contribution >= 0.6 is 11.6 Å². The Balaban J connectivity index is 0.00000338. The van der Waals surface area contributed by atoms with E-state index in [2.05, 4.69) is 40.0 Å². The fourth-order valence-corrected chi connectivity index (χ4v) is 6.42. The van der Waals surface area contributed by atoms with Gasteiger partial charge in [0.2, 0.25) is 17.2 Å². The number of azo groups is 1. The van der Waals surface area contributed by atoms with Gasteiger partial charge in [-0.15, -0.1) is 5.11 Å². The Morgan fingerprint density at radius 3 is 2.00 bits per heavy atom. The van der Waals surface area contributed by atoms with Crippen molar-refractivity contribution in [2.75, 3.05) is 23.0 Å². The third kappa shape index (κ3) is 11.1. The summed E-state index contributed by atoms with van der Waals surface area (Å²) in [4.78, 5) is 11.2. The summed E-state index contributed by atoms with van der Waals surface area (Å²) in [7, 11) is -13.8. The van der Waals surface area contributed by atoms with Crippen LogP contribution in [0.15, 0.2) is 98.9 Å². The molecule has 0 radical (unpaired) electrons. The fourth-order valence-electron chi connectivity index (χ4n) is 4.13. The van der Waals surface area contributed by atoms with Crippen LogP contribution in [0.3, 0.4) is 0 Å². The third-order valence-electron chi connectivity index (χ3n) is 6.24. The van der Waals surface area contributed by atoms with Crippen LogP contribution in [0, 0.1) is 0 Å². The molecule has 4 aromatic carbocycles. The molecule has 17 nitrogen and oxygen atoms in total. The van der Waals surface area contributed by atoms with Crippen molar-refractivity contribution in [2.24, 2.45) is 10.2 Å². The van der Waals surface area contributed by atoms with Gasteiger partial charge in [-0.1, -0.05) is 30.0 Å². The molecular weight excluding hydrogens is 760 g/mol. The summed E-state index contributed by atoms with van der Waals surface area (Å²) in [5, 5.41) is 26.7. The van der Waals surface area contributed by atoms with Gasteiger partial charge in [-0.05, 0) is 77.0 Å². The fraction of sp³-hybridized carbons (Fsp3) is 0.0741. The number of hydrogen-bond donors (Lipinski definition) is 3. The zero-order valence-corrected chi connectivity index (χ0v) is 33.1. The number of halogens is 1. The molecule has 0 aliphatic carbocycles. The van der Waals surface area contributed by atoms with Crippen molar-refractivity contribution in [1.29, 1.82) is 0 Å². The maximum atomic E-state index is 13.4. The van der Waals surface area contributed by atoms with E-state index in [9.17, 15) is 34.9 Å². The van der Waals surface area contributed by atoms with E-state index in [0.717, 1.165) is 6.07 Å². The van der Waals surface area contributed by atoms with E-state index >= 15 is 0 Å². The molecule has 1 aromatic heterocycles. The van der Waals surface area contributed by atoms with Gasteiger partial charge < -0.3 is 20.3 Å². The van der Waals surface area contributed by atoms with Gasteiger partial charge in [0, 0.05) is 11.4 Å². The van der Waals surface area contributed by atoms with E-state index in [-0.39, 0.29) is 97.7 Å². The molecule has 5 aromatic rings. The van der Waals surface area contributed by atoms with Crippen molar-refractivity contribution in [3.63, 3.8) is 0 Å². The summed E-state index contributed by atoms with van der Waals surface area (Å²) in [6, 6.07) is 18.7. The van der Waals surface area contributed by atoms with Crippen molar-refractivity contribution in [3.8, 4) is 5.75 Å². The van der Waals surface area contributed by atoms with Crippen LogP contribution in [0.5, 0.6) is 5.75 Å². The number of aromatic nitrogens is 3. The first kappa shape index (κ1) is 41.6. The average molecular weight is 780 g/mol. The molecule has 0 fully saturated rings. The SMILES string of the molecule is O=S(=O)(O)OCCS(=O)(=O)c1ccc(Nc2nc(Cl)nc(Nc3ccc4cc(S(=O)(=O)[O-])c(N=Nc5ccccc5)c([O-])c4c3)n2)cc1.[Na+].[Na+]. The smallest absolute Gasteiger partial charge is 0.871 e. The van der Waals surface area contributed by atoms with Crippen molar-refractivity contribution in [3.05, 3.63) is 84.1 Å². The molecule has 0 bridgehead atoms. The van der Waals surface area contributed by atoms with E-state index < -0.39 is 59.0 Å². The number of benzene rings is 4. The van der Waals surface area contributed by atoms with E-state index in [1.807, 2.05) is 0 Å². The largest absolute Gasteiger partial charge is 1.00 e. The van der Waals surface area contributed by atoms with Crippen molar-refractivity contribution >= 4 is 87.4 Å². The van der Waals surface area contributed by atoms with Crippen LogP contribution in [0.4, 0.5) is 34.6 Å². The Bertz CT molecular complexity index is 2380. The summed E-state index contributed by atoms with van der Waals surface area (Å²) < 4.78 is 94.8. The van der Waals surface area contributed by atoms with Crippen LogP contribution in [0.2, 0.25) is 5.28 Å². The van der Waals surface area contributed by atoms with Gasteiger partial charge in [0.1, 0.15) is 10.1 Å². The molecule has 0 saturated carbocycles. The first-order chi connectivity index (χ1) is 22.6. The minimum absolute atomic E-state index is 0. The Kier molecular flexibility index (Phi) is 14.2. The molecule has 23 heteroatoms. The number of fused-ring (bicyclic) bond motifs is 1. The predicted molar refractivity (Wildman–Crippen MR) is 169 cm³/mol. The molecule has 1 heterocycles. The summed E-state index contributed by atoms with van der Waals surface area (Å²) in [5.41, 5.74) is 0.268. The van der Waals surface area contributed by atoms with Gasteiger partial charge in [0.15, 0.2) is 9.84 Å². The zero-order valence-electron chi connectivity index (χ0n) is 25.9. The number of nitrogens with zero attached hydrogens (tertiary/aromatic N) is 5. The number of nitrogens with one attached hydrogen (secondary N) is 2. The average Bonchev–Trinajstić information content (AvgIpc) is 3.00. The zero-order chi connectivity index (χ0) is 34.7. The number of hydrogen-bond acceptors (Lipinski definition) is 16. The van der Waals surface area contributed by atoms with Gasteiger partial charge in [-0.2, -0.15) is 28.5 Å². The minimum atomic E-state index is -5.10. The van der Waals surface area contributed by atoms with Crippen LogP contribution in [0.1, 0.15) is 0 Å². The van der Waals surface area contributed by atoms with Crippen LogP contribution < -0.4 is 74.9 Å². The van der Waals surface area contributed by atoms with E-state index in [0.29, 0.717) is 11.4 Å². The summed E-state index contributed by atoms with van der Waals surface area (Å²) in [5.74, 6) is -1.71. The monoisotopic (exact) mass is 779 g/mol. The molecule has 0 aliphatic heterocycles. The van der Waals surface area contributed by atoms with Gasteiger partial charge in [-0.3, -0.25) is 4.55 Å². The maximum Gasteiger partial charge on any atom is 1.00 e. The molecule has 0 saturated heterocycles. The Morgan fingerprint density at radius 1 is 0.800 bits per heavy atom. The Hall–Kier alpha value is -2.83. The minimum Gasteiger partial charge on any atom is -0.871 e. The van der Waals surface area contributed by atoms with Crippen LogP contribution in [-0.4, -0.2) is 61.7 Å². The molecule has 5 rings (SSSR count). The van der Waals surface area contributed by atoms with Crippen molar-refractivity contribution in [1.82, 2.24) is 15.0 Å². The summed E-state index contributed by atoms with van der Waals surface area (Å²) in [6.07, 6.45) is 0. The number of rotatable bonds is 12. The molecule has 3 N–H and O–H groups in total. The molecule has 250 valence electrons. The molecule has 0 atom stereocenters. The van der Waals surface area contributed by atoms with E-state index in [1.54, 1.807) is 30.3 Å². The third-order valence-corrected chi connectivity index (χ3v) is 9.42. The van der Waals surface area contributed by atoms with Gasteiger partial charge >= 0.3 is 69.5 Å². The predicted octanol–water partition coefficient (Wildman–Crippen LogP) is -1.84. The molecule has 0 aliphatic rings. The van der Waals surface area contributed by atoms with Crippen LogP contribution in [-0.2, 0) is 34.5 Å². The molecule has 0 spiro atoms. The Labute approximate surface area is 334 Å². The topological polar surface area (TPSA) is 265 Å². The van der Waals surface area contributed by atoms with Crippen molar-refractivity contribution < 1.29 is 103 Å². The molecule has 50 heavy (non-hydrogen) atoms. The van der Waals surface area contributed by atoms with Crippen molar-refractivity contribution in [2.45, 2.75) is 9.79 Å². The van der Waals surface area contributed by atoms with E-state index in [1.165, 1.54) is 42.5 Å². The first-order valence-electron chi connectivity index (χ1n) is 13.2. The standard InChI is InChI=1S/C27H22ClN7O10S3.2Na/c28-25-31-26(29-17-8-10-20(11-9-17)46(37,38)13-12-45-48(42,43)44)33-27(32-25)30-19-7-6-16-14-22(47(39,40)41)23(24(36)21(16)15-19)35-34-18-4-2-1-3-5-18;;/h1-11,14-15,36H,12-13H2,(H,39,40,41)(H,42,43,44)(H2,29,30,31,32,33);;/q;2*+1/p-2. The molecule has 0 unspecified atom stereocenters. The van der Waals surface area contributed by atoms with Crippen LogP contribution in [0.25, 0.3) is 10.8 Å². The molecular formula is C27H20ClN7Na2O10S3. The Morgan fingerprint density at radius 2 is 1.40 bits per heavy atom. The van der Waals surface area contributed by atoms with E-state index in [4.69, 9.17) is 16.2 Å². The maximum absolute atomic E-state index is 13.4. The second-order valence-corrected chi connectivity index (χ2v) is 14.5. The quantitative estimate of drug-likeness (QED) is 0.0714. The normalized spacial score (nSPS) is 11.9. The molecule has 0 amide bonds. The second kappa shape index (κ2) is 17.1. The summed E-state index contributed by atoms with van der Waals surface area (Å²) in [6.45, 7) is -0.780. The second-order valence-electron chi connectivity index (χ2n) is 9.57. The first-order valence-corrected chi connectivity index (χ1v) is 18.0.